The zero-order valence-corrected chi connectivity index (χ0v) is 19.8. The Morgan fingerprint density at radius 2 is 1.97 bits per heavy atom. The highest BCUT2D eigenvalue weighted by atomic mass is 35.5. The van der Waals surface area contributed by atoms with Gasteiger partial charge in [0.05, 0.1) is 16.6 Å². The zero-order valence-electron chi connectivity index (χ0n) is 18.2. The minimum absolute atomic E-state index is 0.0945. The molecule has 2 aromatic rings. The van der Waals surface area contributed by atoms with Crippen molar-refractivity contribution in [3.05, 3.63) is 45.3 Å². The molecule has 0 bridgehead atoms. The van der Waals surface area contributed by atoms with Gasteiger partial charge in [0.2, 0.25) is 5.91 Å². The van der Waals surface area contributed by atoms with E-state index >= 15 is 0 Å². The van der Waals surface area contributed by atoms with E-state index in [2.05, 4.69) is 15.1 Å². The van der Waals surface area contributed by atoms with Gasteiger partial charge < -0.3 is 15.8 Å². The largest absolute Gasteiger partial charge is 0.491 e. The molecule has 4 rings (SSSR count). The number of anilines is 1. The monoisotopic (exact) mass is 476 g/mol. The van der Waals surface area contributed by atoms with Crippen LogP contribution in [0.4, 0.5) is 5.00 Å². The second kappa shape index (κ2) is 10.2. The predicted molar refractivity (Wildman–Crippen MR) is 128 cm³/mol. The maximum atomic E-state index is 12.9. The van der Waals surface area contributed by atoms with Crippen molar-refractivity contribution >= 4 is 39.8 Å². The standard InChI is InChI=1S/C23H29ClN4O3S/c1-15(22(30)26-23-20(21(25)29)16-5-4-8-19(16)32-23)28-11-9-27(10-12-28)13-14-31-18-7-3-2-6-17(18)24/h2-3,6-7,15H,4-5,8-14H2,1H3,(H2,25,29)(H,26,30)/t15-/m1/s1. The molecule has 0 unspecified atom stereocenters. The Morgan fingerprint density at radius 1 is 1.22 bits per heavy atom. The highest BCUT2D eigenvalue weighted by Gasteiger charge is 2.29. The van der Waals surface area contributed by atoms with E-state index in [1.54, 1.807) is 0 Å². The first-order valence-corrected chi connectivity index (χ1v) is 12.2. The van der Waals surface area contributed by atoms with Crippen molar-refractivity contribution in [3.63, 3.8) is 0 Å². The number of ether oxygens (including phenoxy) is 1. The lowest BCUT2D eigenvalue weighted by atomic mass is 10.1. The molecule has 3 N–H and O–H groups in total. The molecule has 7 nitrogen and oxygen atoms in total. The Balaban J connectivity index is 1.25. The van der Waals surface area contributed by atoms with Gasteiger partial charge in [-0.3, -0.25) is 19.4 Å². The van der Waals surface area contributed by atoms with Crippen LogP contribution in [-0.4, -0.2) is 67.0 Å². The topological polar surface area (TPSA) is 87.9 Å². The number of rotatable bonds is 8. The summed E-state index contributed by atoms with van der Waals surface area (Å²) in [5.74, 6) is 0.149. The molecular weight excluding hydrogens is 448 g/mol. The number of amides is 2. The summed E-state index contributed by atoms with van der Waals surface area (Å²) in [5, 5.41) is 4.20. The quantitative estimate of drug-likeness (QED) is 0.611. The number of benzene rings is 1. The number of nitrogens with zero attached hydrogens (tertiary/aromatic N) is 2. The summed E-state index contributed by atoms with van der Waals surface area (Å²) in [6.07, 6.45) is 2.85. The molecular formula is C23H29ClN4O3S. The first-order valence-electron chi connectivity index (χ1n) is 11.0. The van der Waals surface area contributed by atoms with Crippen LogP contribution in [0.1, 0.15) is 34.1 Å². The lowest BCUT2D eigenvalue weighted by Crippen LogP contribution is -2.53. The van der Waals surface area contributed by atoms with Crippen LogP contribution in [-0.2, 0) is 17.6 Å². The summed E-state index contributed by atoms with van der Waals surface area (Å²) in [7, 11) is 0. The molecule has 0 radical (unpaired) electrons. The number of hydrogen-bond acceptors (Lipinski definition) is 6. The minimum atomic E-state index is -0.458. The number of nitrogens with two attached hydrogens (primary N) is 1. The molecule has 0 spiro atoms. The van der Waals surface area contributed by atoms with Gasteiger partial charge in [-0.1, -0.05) is 23.7 Å². The van der Waals surface area contributed by atoms with E-state index in [9.17, 15) is 9.59 Å². The summed E-state index contributed by atoms with van der Waals surface area (Å²) in [4.78, 5) is 30.6. The van der Waals surface area contributed by atoms with E-state index in [-0.39, 0.29) is 11.9 Å². The van der Waals surface area contributed by atoms with Crippen LogP contribution in [0, 0.1) is 0 Å². The number of hydrogen-bond donors (Lipinski definition) is 2. The van der Waals surface area contributed by atoms with E-state index in [1.807, 2.05) is 31.2 Å². The van der Waals surface area contributed by atoms with Gasteiger partial charge in [0, 0.05) is 37.6 Å². The molecule has 1 aliphatic heterocycles. The SMILES string of the molecule is C[C@H](C(=O)Nc1sc2c(c1C(N)=O)CCC2)N1CCN(CCOc2ccccc2Cl)CC1. The number of piperazine rings is 1. The lowest BCUT2D eigenvalue weighted by Gasteiger charge is -2.37. The van der Waals surface area contributed by atoms with Crippen LogP contribution in [0.25, 0.3) is 0 Å². The zero-order chi connectivity index (χ0) is 22.7. The first kappa shape index (κ1) is 23.0. The molecule has 0 saturated carbocycles. The molecule has 1 aliphatic carbocycles. The molecule has 32 heavy (non-hydrogen) atoms. The van der Waals surface area contributed by atoms with Crippen molar-refractivity contribution in [2.75, 3.05) is 44.6 Å². The lowest BCUT2D eigenvalue weighted by molar-refractivity contribution is -0.121. The third-order valence-electron chi connectivity index (χ3n) is 6.24. The number of carbonyl (C=O) groups is 2. The summed E-state index contributed by atoms with van der Waals surface area (Å²) in [6.45, 7) is 6.61. The molecule has 1 fully saturated rings. The third-order valence-corrected chi connectivity index (χ3v) is 7.76. The van der Waals surface area contributed by atoms with Gasteiger partial charge in [-0.25, -0.2) is 0 Å². The number of para-hydroxylation sites is 1. The molecule has 2 heterocycles. The fourth-order valence-corrected chi connectivity index (χ4v) is 5.84. The van der Waals surface area contributed by atoms with E-state index in [0.717, 1.165) is 57.5 Å². The van der Waals surface area contributed by atoms with Gasteiger partial charge in [0.1, 0.15) is 17.4 Å². The van der Waals surface area contributed by atoms with Crippen LogP contribution in [0.5, 0.6) is 5.75 Å². The van der Waals surface area contributed by atoms with Crippen molar-refractivity contribution in [2.45, 2.75) is 32.2 Å². The maximum absolute atomic E-state index is 12.9. The fraction of sp³-hybridized carbons (Fsp3) is 0.478. The highest BCUT2D eigenvalue weighted by molar-refractivity contribution is 7.17. The number of carbonyl (C=O) groups excluding carboxylic acids is 2. The highest BCUT2D eigenvalue weighted by Crippen LogP contribution is 2.39. The second-order valence-electron chi connectivity index (χ2n) is 8.25. The smallest absolute Gasteiger partial charge is 0.251 e. The Kier molecular flexibility index (Phi) is 7.35. The van der Waals surface area contributed by atoms with Crippen molar-refractivity contribution in [1.29, 1.82) is 0 Å². The maximum Gasteiger partial charge on any atom is 0.251 e. The van der Waals surface area contributed by atoms with Crippen LogP contribution >= 0.6 is 22.9 Å². The summed E-state index contributed by atoms with van der Waals surface area (Å²) in [6, 6.07) is 7.19. The average molecular weight is 477 g/mol. The number of aryl methyl sites for hydroxylation is 1. The average Bonchev–Trinajstić information content (AvgIpc) is 3.35. The first-order chi connectivity index (χ1) is 15.4. The van der Waals surface area contributed by atoms with E-state index in [0.29, 0.717) is 27.9 Å². The van der Waals surface area contributed by atoms with Gasteiger partial charge in [0.15, 0.2) is 0 Å². The van der Waals surface area contributed by atoms with Crippen LogP contribution in [0.15, 0.2) is 24.3 Å². The molecule has 1 atom stereocenters. The molecule has 1 aromatic heterocycles. The van der Waals surface area contributed by atoms with Crippen molar-refractivity contribution in [1.82, 2.24) is 9.80 Å². The third kappa shape index (κ3) is 5.09. The van der Waals surface area contributed by atoms with Crippen molar-refractivity contribution < 1.29 is 14.3 Å². The summed E-state index contributed by atoms with van der Waals surface area (Å²) < 4.78 is 5.79. The van der Waals surface area contributed by atoms with Crippen LogP contribution in [0.3, 0.4) is 0 Å². The van der Waals surface area contributed by atoms with Crippen LogP contribution < -0.4 is 15.8 Å². The summed E-state index contributed by atoms with van der Waals surface area (Å²) >= 11 is 7.62. The van der Waals surface area contributed by atoms with Crippen molar-refractivity contribution in [3.8, 4) is 5.75 Å². The van der Waals surface area contributed by atoms with Gasteiger partial charge in [-0.2, -0.15) is 0 Å². The molecule has 2 amide bonds. The predicted octanol–water partition coefficient (Wildman–Crippen LogP) is 3.01. The fourth-order valence-electron chi connectivity index (χ4n) is 4.36. The van der Waals surface area contributed by atoms with E-state index < -0.39 is 5.91 Å². The summed E-state index contributed by atoms with van der Waals surface area (Å²) in [5.41, 5.74) is 7.14. The Morgan fingerprint density at radius 3 is 2.69 bits per heavy atom. The number of thiophene rings is 1. The molecule has 9 heteroatoms. The number of primary amides is 1. The Bertz CT molecular complexity index is 988. The molecule has 2 aliphatic rings. The van der Waals surface area contributed by atoms with Gasteiger partial charge >= 0.3 is 0 Å². The van der Waals surface area contributed by atoms with E-state index in [1.165, 1.54) is 16.2 Å². The van der Waals surface area contributed by atoms with E-state index in [4.69, 9.17) is 22.1 Å². The van der Waals surface area contributed by atoms with Crippen molar-refractivity contribution in [2.24, 2.45) is 5.73 Å². The Hall–Kier alpha value is -2.13. The minimum Gasteiger partial charge on any atom is -0.491 e. The normalized spacial score (nSPS) is 17.7. The van der Waals surface area contributed by atoms with Gasteiger partial charge in [-0.15, -0.1) is 11.3 Å². The Labute approximate surface area is 197 Å². The molecule has 172 valence electrons. The molecule has 1 aromatic carbocycles. The molecule has 1 saturated heterocycles. The second-order valence-corrected chi connectivity index (χ2v) is 9.76. The van der Waals surface area contributed by atoms with Gasteiger partial charge in [-0.05, 0) is 43.9 Å². The number of halogens is 1. The van der Waals surface area contributed by atoms with Crippen LogP contribution in [0.2, 0.25) is 5.02 Å². The number of fused-ring (bicyclic) bond motifs is 1. The number of nitrogens with one attached hydrogen (secondary N) is 1. The van der Waals surface area contributed by atoms with Gasteiger partial charge in [0.25, 0.3) is 5.91 Å².